The van der Waals surface area contributed by atoms with Gasteiger partial charge in [-0.1, -0.05) is 337 Å². The van der Waals surface area contributed by atoms with Gasteiger partial charge in [0, 0.05) is 25.7 Å². The molecule has 0 amide bonds. The monoisotopic (exact) mass is 1400 g/mol. The second-order valence-corrected chi connectivity index (χ2v) is 31.7. The van der Waals surface area contributed by atoms with Gasteiger partial charge in [0.1, 0.15) is 19.3 Å². The molecule has 0 bridgehead atoms. The van der Waals surface area contributed by atoms with Crippen LogP contribution in [0.5, 0.6) is 0 Å². The molecule has 0 spiro atoms. The molecule has 3 N–H and O–H groups in total. The average molecular weight is 1400 g/mol. The molecular formula is C76H148O17P2. The van der Waals surface area contributed by atoms with Crippen molar-refractivity contribution in [1.82, 2.24) is 0 Å². The third-order valence-corrected chi connectivity index (χ3v) is 19.5. The van der Waals surface area contributed by atoms with Gasteiger partial charge >= 0.3 is 39.5 Å². The van der Waals surface area contributed by atoms with Crippen molar-refractivity contribution >= 4 is 39.5 Å². The van der Waals surface area contributed by atoms with E-state index in [9.17, 15) is 43.2 Å². The maximum absolute atomic E-state index is 13.1. The molecule has 95 heavy (non-hydrogen) atoms. The van der Waals surface area contributed by atoms with E-state index in [4.69, 9.17) is 37.0 Å². The van der Waals surface area contributed by atoms with E-state index < -0.39 is 97.5 Å². The molecule has 564 valence electrons. The van der Waals surface area contributed by atoms with Gasteiger partial charge in [-0.25, -0.2) is 9.13 Å². The van der Waals surface area contributed by atoms with Crippen molar-refractivity contribution in [2.75, 3.05) is 39.6 Å². The number of phosphoric ester groups is 2. The van der Waals surface area contributed by atoms with Crippen molar-refractivity contribution in [2.45, 2.75) is 407 Å². The first-order valence-corrected chi connectivity index (χ1v) is 42.3. The fraction of sp³-hybridized carbons (Fsp3) is 0.947. The topological polar surface area (TPSA) is 237 Å². The van der Waals surface area contributed by atoms with Crippen LogP contribution in [0.25, 0.3) is 0 Å². The standard InChI is InChI=1S/C76H148O17P2/c1-8-9-10-11-12-36-43-50-57-73(78)86-63-71(92-76(81)60-53-46-39-32-26-20-23-29-35-42-49-56-69(6)7)65-90-94(82,83)88-61-70(77)62-89-95(84,85)91-66-72(64-87-74(79)58-51-44-37-30-24-19-18-22-28-34-41-48-55-68(4)5)93-75(80)59-52-45-38-31-25-17-15-13-14-16-21-27-33-40-47-54-67(2)3/h67-72,77H,8-66H2,1-7H3,(H,82,83)(H,84,85)/t70-,71+,72+/m0/s1. The predicted molar refractivity (Wildman–Crippen MR) is 386 cm³/mol. The number of hydrogen-bond donors (Lipinski definition) is 3. The minimum absolute atomic E-state index is 0.106. The molecule has 5 atom stereocenters. The van der Waals surface area contributed by atoms with E-state index in [1.165, 1.54) is 193 Å². The van der Waals surface area contributed by atoms with Crippen LogP contribution in [-0.4, -0.2) is 96.7 Å². The van der Waals surface area contributed by atoms with Crippen LogP contribution in [0.15, 0.2) is 0 Å². The van der Waals surface area contributed by atoms with E-state index in [1.807, 2.05) is 0 Å². The van der Waals surface area contributed by atoms with E-state index in [-0.39, 0.29) is 25.7 Å². The van der Waals surface area contributed by atoms with Crippen LogP contribution in [0, 0.1) is 17.8 Å². The van der Waals surface area contributed by atoms with E-state index in [2.05, 4.69) is 48.5 Å². The number of esters is 4. The van der Waals surface area contributed by atoms with Crippen molar-refractivity contribution < 1.29 is 80.2 Å². The molecule has 17 nitrogen and oxygen atoms in total. The lowest BCUT2D eigenvalue weighted by molar-refractivity contribution is -0.161. The molecule has 0 radical (unpaired) electrons. The van der Waals surface area contributed by atoms with Gasteiger partial charge in [-0.2, -0.15) is 0 Å². The molecule has 19 heteroatoms. The van der Waals surface area contributed by atoms with Crippen molar-refractivity contribution in [3.63, 3.8) is 0 Å². The quantitative estimate of drug-likeness (QED) is 0.0222. The van der Waals surface area contributed by atoms with Crippen LogP contribution in [0.3, 0.4) is 0 Å². The molecule has 2 unspecified atom stereocenters. The van der Waals surface area contributed by atoms with Crippen LogP contribution in [0.2, 0.25) is 0 Å². The largest absolute Gasteiger partial charge is 0.472 e. The van der Waals surface area contributed by atoms with Gasteiger partial charge in [0.05, 0.1) is 26.4 Å². The highest BCUT2D eigenvalue weighted by Gasteiger charge is 2.30. The summed E-state index contributed by atoms with van der Waals surface area (Å²) in [6.07, 6.45) is 52.7. The summed E-state index contributed by atoms with van der Waals surface area (Å²) in [7, 11) is -9.91. The number of aliphatic hydroxyl groups is 1. The van der Waals surface area contributed by atoms with E-state index in [0.717, 1.165) is 114 Å². The summed E-state index contributed by atoms with van der Waals surface area (Å²) >= 11 is 0. The van der Waals surface area contributed by atoms with Gasteiger partial charge < -0.3 is 33.8 Å². The third-order valence-electron chi connectivity index (χ3n) is 17.6. The molecule has 0 saturated carbocycles. The fourth-order valence-electron chi connectivity index (χ4n) is 11.6. The highest BCUT2D eigenvalue weighted by Crippen LogP contribution is 2.45. The molecule has 0 fully saturated rings. The summed E-state index contributed by atoms with van der Waals surface area (Å²) in [5.74, 6) is 0.231. The number of carbonyl (C=O) groups excluding carboxylic acids is 4. The summed E-state index contributed by atoms with van der Waals surface area (Å²) in [5, 5.41) is 10.6. The third kappa shape index (κ3) is 70.3. The van der Waals surface area contributed by atoms with Crippen LogP contribution in [0.4, 0.5) is 0 Å². The van der Waals surface area contributed by atoms with E-state index >= 15 is 0 Å². The Morgan fingerprint density at radius 2 is 0.484 bits per heavy atom. The molecule has 0 saturated heterocycles. The molecule has 0 aliphatic carbocycles. The second kappa shape index (κ2) is 66.6. The maximum atomic E-state index is 13.1. The van der Waals surface area contributed by atoms with Crippen molar-refractivity contribution in [3.8, 4) is 0 Å². The lowest BCUT2D eigenvalue weighted by Gasteiger charge is -2.21. The summed E-state index contributed by atoms with van der Waals surface area (Å²) < 4.78 is 68.5. The SMILES string of the molecule is CCCCCCCCCCC(=O)OC[C@H](COP(=O)(O)OC[C@H](O)COP(=O)(O)OC[C@@H](COC(=O)CCCCCCCCCCCCCCC(C)C)OC(=O)CCCCCCCCCCCCCCCCCC(C)C)OC(=O)CCCCCCCCCCCCCC(C)C. The molecule has 0 aliphatic rings. The number of aliphatic hydroxyl groups excluding tert-OH is 1. The van der Waals surface area contributed by atoms with Gasteiger partial charge in [-0.05, 0) is 43.4 Å². The zero-order valence-corrected chi connectivity index (χ0v) is 63.9. The van der Waals surface area contributed by atoms with Gasteiger partial charge in [0.2, 0.25) is 0 Å². The van der Waals surface area contributed by atoms with Crippen LogP contribution < -0.4 is 0 Å². The summed E-state index contributed by atoms with van der Waals surface area (Å²) in [5.41, 5.74) is 0. The summed E-state index contributed by atoms with van der Waals surface area (Å²) in [4.78, 5) is 72.7. The first-order valence-electron chi connectivity index (χ1n) is 39.3. The molecule has 0 heterocycles. The normalized spacial score (nSPS) is 14.1. The Balaban J connectivity index is 5.22. The van der Waals surface area contributed by atoms with Gasteiger partial charge in [0.15, 0.2) is 12.2 Å². The maximum Gasteiger partial charge on any atom is 0.472 e. The van der Waals surface area contributed by atoms with Crippen molar-refractivity contribution in [3.05, 3.63) is 0 Å². The minimum Gasteiger partial charge on any atom is -0.462 e. The Bertz CT molecular complexity index is 1850. The highest BCUT2D eigenvalue weighted by molar-refractivity contribution is 7.47. The molecule has 0 aromatic rings. The number of ether oxygens (including phenoxy) is 4. The van der Waals surface area contributed by atoms with Crippen LogP contribution in [-0.2, 0) is 65.4 Å². The van der Waals surface area contributed by atoms with Crippen molar-refractivity contribution in [1.29, 1.82) is 0 Å². The Labute approximate surface area is 581 Å². The number of rotatable bonds is 74. The molecule has 0 aliphatic heterocycles. The smallest absolute Gasteiger partial charge is 0.462 e. The number of carbonyl (C=O) groups is 4. The van der Waals surface area contributed by atoms with Crippen LogP contribution in [0.1, 0.15) is 389 Å². The summed E-state index contributed by atoms with van der Waals surface area (Å²) in [6.45, 7) is 11.9. The lowest BCUT2D eigenvalue weighted by Crippen LogP contribution is -2.30. The number of unbranched alkanes of at least 4 members (excludes halogenated alkanes) is 42. The van der Waals surface area contributed by atoms with E-state index in [1.54, 1.807) is 0 Å². The fourth-order valence-corrected chi connectivity index (χ4v) is 13.2. The Hall–Kier alpha value is -1.94. The van der Waals surface area contributed by atoms with Gasteiger partial charge in [-0.3, -0.25) is 37.3 Å². The van der Waals surface area contributed by atoms with Crippen LogP contribution >= 0.6 is 15.6 Å². The Kier molecular flexibility index (Phi) is 65.2. The molecule has 0 aromatic carbocycles. The summed E-state index contributed by atoms with van der Waals surface area (Å²) in [6, 6.07) is 0. The molecule has 0 rings (SSSR count). The zero-order valence-electron chi connectivity index (χ0n) is 62.1. The van der Waals surface area contributed by atoms with Gasteiger partial charge in [-0.15, -0.1) is 0 Å². The predicted octanol–water partition coefficient (Wildman–Crippen LogP) is 22.2. The number of hydrogen-bond acceptors (Lipinski definition) is 15. The zero-order chi connectivity index (χ0) is 70.1. The van der Waals surface area contributed by atoms with Crippen molar-refractivity contribution in [2.24, 2.45) is 17.8 Å². The molecule has 0 aromatic heterocycles. The Morgan fingerprint density at radius 3 is 0.716 bits per heavy atom. The van der Waals surface area contributed by atoms with E-state index in [0.29, 0.717) is 25.7 Å². The lowest BCUT2D eigenvalue weighted by atomic mass is 10.0. The average Bonchev–Trinajstić information content (AvgIpc) is 1.25. The first kappa shape index (κ1) is 93.1. The number of phosphoric acid groups is 2. The minimum atomic E-state index is -4.96. The first-order chi connectivity index (χ1) is 45.7. The highest BCUT2D eigenvalue weighted by atomic mass is 31.2. The molecular weight excluding hydrogens is 1250 g/mol. The van der Waals surface area contributed by atoms with Gasteiger partial charge in [0.25, 0.3) is 0 Å². The Morgan fingerprint density at radius 1 is 0.284 bits per heavy atom. The second-order valence-electron chi connectivity index (χ2n) is 28.8.